The SMILES string of the molecule is Cc1cn2cc(-c3ccc(Cl)cc3)nc2s1.Cc1cn2cc(-c3ccc(F)cc3)nc2s1.Cc1csc2nc(-c3ccc(Cl)cc3)cn12.Clc1ccc(-c2cn3ccsc3n2)cc1. The first kappa shape index (κ1) is 42.7. The summed E-state index contributed by atoms with van der Waals surface area (Å²) in [4.78, 5) is 24.7. The van der Waals surface area contributed by atoms with Gasteiger partial charge in [0.15, 0.2) is 19.8 Å². The van der Waals surface area contributed by atoms with Crippen LogP contribution in [0.2, 0.25) is 15.1 Å². The molecule has 314 valence electrons. The summed E-state index contributed by atoms with van der Waals surface area (Å²) in [7, 11) is 0. The lowest BCUT2D eigenvalue weighted by molar-refractivity contribution is 0.628. The molecular weight excluding hydrogens is 930 g/mol. The lowest BCUT2D eigenvalue weighted by atomic mass is 10.2. The van der Waals surface area contributed by atoms with Gasteiger partial charge in [0, 0.05) is 107 Å². The minimum absolute atomic E-state index is 0.222. The van der Waals surface area contributed by atoms with E-state index in [4.69, 9.17) is 34.8 Å². The zero-order chi connectivity index (χ0) is 43.6. The van der Waals surface area contributed by atoms with Gasteiger partial charge >= 0.3 is 0 Å². The van der Waals surface area contributed by atoms with Crippen LogP contribution in [0.3, 0.4) is 0 Å². The normalized spacial score (nSPS) is 11.1. The van der Waals surface area contributed by atoms with E-state index < -0.39 is 0 Å². The fourth-order valence-electron chi connectivity index (χ4n) is 6.48. The zero-order valence-corrected chi connectivity index (χ0v) is 39.2. The van der Waals surface area contributed by atoms with E-state index in [1.54, 1.807) is 57.5 Å². The highest BCUT2D eigenvalue weighted by Crippen LogP contribution is 2.28. The number of nitrogens with zero attached hydrogens (tertiary/aromatic N) is 8. The molecule has 16 heteroatoms. The first-order valence-electron chi connectivity index (χ1n) is 19.3. The molecule has 0 bridgehead atoms. The Labute approximate surface area is 392 Å². The van der Waals surface area contributed by atoms with Crippen LogP contribution in [0.4, 0.5) is 4.39 Å². The van der Waals surface area contributed by atoms with E-state index in [9.17, 15) is 4.39 Å². The van der Waals surface area contributed by atoms with Gasteiger partial charge in [-0.05, 0) is 81.4 Å². The molecule has 0 spiro atoms. The summed E-state index contributed by atoms with van der Waals surface area (Å²) in [6, 6.07) is 29.6. The van der Waals surface area contributed by atoms with Crippen LogP contribution in [0, 0.1) is 26.6 Å². The average molecular weight is 964 g/mol. The summed E-state index contributed by atoms with van der Waals surface area (Å²) in [6.07, 6.45) is 14.2. The summed E-state index contributed by atoms with van der Waals surface area (Å²) in [5.41, 5.74) is 9.29. The van der Waals surface area contributed by atoms with Gasteiger partial charge in [0.2, 0.25) is 0 Å². The minimum Gasteiger partial charge on any atom is -0.297 e. The summed E-state index contributed by atoms with van der Waals surface area (Å²) < 4.78 is 21.0. The van der Waals surface area contributed by atoms with Crippen molar-refractivity contribution in [1.29, 1.82) is 0 Å². The number of imidazole rings is 4. The number of halogens is 4. The largest absolute Gasteiger partial charge is 0.297 e. The molecule has 0 aliphatic heterocycles. The van der Waals surface area contributed by atoms with Crippen LogP contribution in [0.1, 0.15) is 15.4 Å². The topological polar surface area (TPSA) is 69.2 Å². The summed E-state index contributed by atoms with van der Waals surface area (Å²) in [6.45, 7) is 6.22. The molecule has 0 saturated heterocycles. The molecule has 0 fully saturated rings. The van der Waals surface area contributed by atoms with Gasteiger partial charge in [0.1, 0.15) is 5.82 Å². The standard InChI is InChI=1S/2C12H9ClN2S.C12H9FN2S.C11H7ClN2S/c1-8-7-16-12-14-11(6-15(8)12)9-2-4-10(13)5-3-9;2*1-8-6-15-7-11(14-12(15)16-8)9-2-4-10(13)5-3-9;12-9-3-1-8(2-4-9)10-7-14-5-6-15-11(14)13-10/h3*2-7H,1H3;1-7H. The molecule has 0 amide bonds. The van der Waals surface area contributed by atoms with Gasteiger partial charge in [-0.25, -0.2) is 24.3 Å². The first-order chi connectivity index (χ1) is 30.5. The predicted octanol–water partition coefficient (Wildman–Crippen LogP) is 15.3. The Morgan fingerprint density at radius 2 is 0.841 bits per heavy atom. The molecule has 12 rings (SSSR count). The monoisotopic (exact) mass is 962 g/mol. The maximum atomic E-state index is 12.8. The van der Waals surface area contributed by atoms with E-state index in [0.717, 1.165) is 79.9 Å². The third-order valence-corrected chi connectivity index (χ3v) is 13.9. The quantitative estimate of drug-likeness (QED) is 0.176. The van der Waals surface area contributed by atoms with Crippen molar-refractivity contribution < 1.29 is 4.39 Å². The van der Waals surface area contributed by atoms with Crippen molar-refractivity contribution in [2.75, 3.05) is 0 Å². The molecule has 0 unspecified atom stereocenters. The van der Waals surface area contributed by atoms with Crippen LogP contribution < -0.4 is 0 Å². The fraction of sp³-hybridized carbons (Fsp3) is 0.0638. The second kappa shape index (κ2) is 18.6. The van der Waals surface area contributed by atoms with Gasteiger partial charge in [-0.3, -0.25) is 17.6 Å². The molecule has 0 atom stereocenters. The smallest absolute Gasteiger partial charge is 0.194 e. The van der Waals surface area contributed by atoms with Gasteiger partial charge in [0.25, 0.3) is 0 Å². The summed E-state index contributed by atoms with van der Waals surface area (Å²) in [5.74, 6) is -0.222. The third kappa shape index (κ3) is 9.95. The number of hydrogen-bond acceptors (Lipinski definition) is 8. The zero-order valence-electron chi connectivity index (χ0n) is 33.7. The third-order valence-electron chi connectivity index (χ3n) is 9.58. The molecule has 12 aromatic rings. The molecule has 0 aliphatic rings. The van der Waals surface area contributed by atoms with E-state index in [-0.39, 0.29) is 5.82 Å². The molecule has 63 heavy (non-hydrogen) atoms. The van der Waals surface area contributed by atoms with Gasteiger partial charge < -0.3 is 0 Å². The Morgan fingerprint density at radius 3 is 1.27 bits per heavy atom. The molecule has 0 radical (unpaired) electrons. The van der Waals surface area contributed by atoms with E-state index >= 15 is 0 Å². The predicted molar refractivity (Wildman–Crippen MR) is 263 cm³/mol. The Hall–Kier alpha value is -5.64. The molecular formula is C47H34Cl3FN8S4. The van der Waals surface area contributed by atoms with Crippen LogP contribution in [-0.4, -0.2) is 37.5 Å². The number of thiazole rings is 4. The average Bonchev–Trinajstić information content (AvgIpc) is 4.13. The van der Waals surface area contributed by atoms with Crippen LogP contribution in [-0.2, 0) is 0 Å². The van der Waals surface area contributed by atoms with Crippen molar-refractivity contribution in [3.63, 3.8) is 0 Å². The van der Waals surface area contributed by atoms with E-state index in [0.29, 0.717) is 0 Å². The van der Waals surface area contributed by atoms with E-state index in [1.807, 2.05) is 118 Å². The van der Waals surface area contributed by atoms with Gasteiger partial charge in [0.05, 0.1) is 22.8 Å². The Balaban J connectivity index is 0.000000107. The molecule has 0 N–H and O–H groups in total. The second-order valence-electron chi connectivity index (χ2n) is 14.2. The molecule has 8 heterocycles. The van der Waals surface area contributed by atoms with Gasteiger partial charge in [-0.2, -0.15) is 0 Å². The number of benzene rings is 4. The molecule has 0 saturated carbocycles. The second-order valence-corrected chi connectivity index (χ2v) is 19.7. The molecule has 4 aromatic carbocycles. The van der Waals surface area contributed by atoms with Crippen LogP contribution in [0.15, 0.2) is 151 Å². The summed E-state index contributed by atoms with van der Waals surface area (Å²) in [5, 5.41) is 6.38. The van der Waals surface area contributed by atoms with Crippen molar-refractivity contribution in [3.8, 4) is 45.0 Å². The lowest BCUT2D eigenvalue weighted by Gasteiger charge is -1.95. The highest BCUT2D eigenvalue weighted by atomic mass is 35.5. The number of rotatable bonds is 4. The van der Waals surface area contributed by atoms with Gasteiger partial charge in [-0.1, -0.05) is 71.2 Å². The minimum atomic E-state index is -0.222. The number of hydrogen-bond donors (Lipinski definition) is 0. The lowest BCUT2D eigenvalue weighted by Crippen LogP contribution is -1.78. The highest BCUT2D eigenvalue weighted by Gasteiger charge is 2.10. The molecule has 8 aromatic heterocycles. The van der Waals surface area contributed by atoms with Crippen LogP contribution in [0.25, 0.3) is 64.9 Å². The van der Waals surface area contributed by atoms with E-state index in [1.165, 1.54) is 27.6 Å². The van der Waals surface area contributed by atoms with Crippen LogP contribution in [0.5, 0.6) is 0 Å². The van der Waals surface area contributed by atoms with Crippen molar-refractivity contribution in [1.82, 2.24) is 37.5 Å². The van der Waals surface area contributed by atoms with Crippen molar-refractivity contribution >= 4 is 100.0 Å². The first-order valence-corrected chi connectivity index (χ1v) is 23.8. The summed E-state index contributed by atoms with van der Waals surface area (Å²) >= 11 is 24.2. The number of fused-ring (bicyclic) bond motifs is 4. The molecule has 0 aliphatic carbocycles. The Bertz CT molecular complexity index is 3220. The van der Waals surface area contributed by atoms with Crippen molar-refractivity contribution in [2.24, 2.45) is 0 Å². The Kier molecular flexibility index (Phi) is 12.6. The van der Waals surface area contributed by atoms with Crippen LogP contribution >= 0.6 is 80.1 Å². The maximum absolute atomic E-state index is 12.8. The molecule has 8 nitrogen and oxygen atoms in total. The number of aromatic nitrogens is 8. The van der Waals surface area contributed by atoms with Crippen molar-refractivity contribution in [3.05, 3.63) is 188 Å². The fourth-order valence-corrected chi connectivity index (χ4v) is 10.0. The highest BCUT2D eigenvalue weighted by molar-refractivity contribution is 7.17. The van der Waals surface area contributed by atoms with Crippen molar-refractivity contribution in [2.45, 2.75) is 20.8 Å². The maximum Gasteiger partial charge on any atom is 0.194 e. The van der Waals surface area contributed by atoms with E-state index in [2.05, 4.69) is 67.3 Å². The number of aryl methyl sites for hydroxylation is 3. The van der Waals surface area contributed by atoms with Gasteiger partial charge in [-0.15, -0.1) is 45.3 Å². The Morgan fingerprint density at radius 1 is 0.444 bits per heavy atom.